The van der Waals surface area contributed by atoms with Gasteiger partial charge in [0.25, 0.3) is 0 Å². The van der Waals surface area contributed by atoms with Crippen molar-refractivity contribution in [3.8, 4) is 0 Å². The van der Waals surface area contributed by atoms with Crippen LogP contribution in [-0.2, 0) is 16.5 Å². The van der Waals surface area contributed by atoms with E-state index in [1.54, 1.807) is 5.40 Å². The first-order valence-corrected chi connectivity index (χ1v) is 12.7. The van der Waals surface area contributed by atoms with Crippen molar-refractivity contribution in [2.45, 2.75) is 13.3 Å². The van der Waals surface area contributed by atoms with Crippen molar-refractivity contribution in [3.63, 3.8) is 0 Å². The van der Waals surface area contributed by atoms with Gasteiger partial charge in [-0.1, -0.05) is 149 Å². The quantitative estimate of drug-likeness (QED) is 0.178. The molecule has 0 bridgehead atoms. The first-order valence-electron chi connectivity index (χ1n) is 10.0. The maximum atomic E-state index is 2.33. The molecule has 0 amide bonds. The third-order valence-electron chi connectivity index (χ3n) is 4.89. The number of benzene rings is 4. The largest absolute Gasteiger partial charge is 3.00 e. The molecule has 0 nitrogen and oxygen atoms in total. The Kier molecular flexibility index (Phi) is 13.4. The van der Waals surface area contributed by atoms with E-state index >= 15 is 0 Å². The average molecular weight is 541 g/mol. The predicted molar refractivity (Wildman–Crippen MR) is 132 cm³/mol. The number of hydrogen-bond donors (Lipinski definition) is 0. The van der Waals surface area contributed by atoms with Crippen molar-refractivity contribution in [3.05, 3.63) is 127 Å². The van der Waals surface area contributed by atoms with Gasteiger partial charge in [-0.25, -0.2) is 5.40 Å². The fourth-order valence-corrected chi connectivity index (χ4v) is 10.1. The molecule has 0 unspecified atom stereocenters. The molecule has 5 heteroatoms. The normalized spacial score (nSPS) is 10.2. The summed E-state index contributed by atoms with van der Waals surface area (Å²) in [6, 6.07) is 44.3. The van der Waals surface area contributed by atoms with Gasteiger partial charge >= 0.3 is 16.5 Å². The van der Waals surface area contributed by atoms with Crippen LogP contribution in [0, 0.1) is 5.40 Å². The molecule has 0 atom stereocenters. The Morgan fingerprint density at radius 3 is 0.875 bits per heavy atom. The Bertz CT molecular complexity index is 841. The molecule has 0 saturated heterocycles. The first kappa shape index (κ1) is 28.8. The second kappa shape index (κ2) is 14.9. The summed E-state index contributed by atoms with van der Waals surface area (Å²) in [4.78, 5) is 0. The van der Waals surface area contributed by atoms with E-state index < -0.39 is 15.8 Å². The van der Waals surface area contributed by atoms with Crippen molar-refractivity contribution in [2.24, 2.45) is 0 Å². The second-order valence-corrected chi connectivity index (χ2v) is 11.6. The van der Waals surface area contributed by atoms with E-state index in [9.17, 15) is 0 Å². The third-order valence-corrected chi connectivity index (χ3v) is 11.0. The molecule has 1 radical (unpaired) electrons. The van der Waals surface area contributed by atoms with Crippen molar-refractivity contribution in [2.75, 3.05) is 0 Å². The molecule has 0 heterocycles. The minimum Gasteiger partial charge on any atom is -1.00 e. The van der Waals surface area contributed by atoms with Crippen LogP contribution in [0.4, 0.5) is 0 Å². The molecule has 0 aliphatic rings. The van der Waals surface area contributed by atoms with E-state index in [0.717, 1.165) is 6.42 Å². The van der Waals surface area contributed by atoms with Crippen molar-refractivity contribution in [1.82, 2.24) is 0 Å². The van der Waals surface area contributed by atoms with Crippen molar-refractivity contribution < 1.29 is 41.3 Å². The van der Waals surface area contributed by atoms with Gasteiger partial charge in [-0.3, -0.25) is 0 Å². The van der Waals surface area contributed by atoms with Crippen LogP contribution in [0.5, 0.6) is 0 Å². The standard InChI is InChI=1S/C27H25P2.2ClH.Ni/c1-2-27(28(23-15-7-3-8-16-23)24-17-9-4-10-18-24)29(25-19-11-5-12-20-25)26-21-13-6-14-22-26;;;/h3-22H,2H2,1H3;2*1H;/q-1;;;+3/p-2. The SMILES string of the molecule is CC[C-](P(c1ccccc1)c1ccccc1)P(c1ccccc1)c1ccccc1.[Cl-].[Cl-].[Ni+3]. The zero-order valence-corrected chi connectivity index (χ0v) is 22.0. The summed E-state index contributed by atoms with van der Waals surface area (Å²) in [7, 11) is -1.11. The minimum atomic E-state index is -0.556. The average Bonchev–Trinajstić information content (AvgIpc) is 2.81. The van der Waals surface area contributed by atoms with Crippen LogP contribution in [0.15, 0.2) is 121 Å². The van der Waals surface area contributed by atoms with Gasteiger partial charge in [-0.2, -0.15) is 22.3 Å². The first-order chi connectivity index (χ1) is 14.4. The maximum absolute atomic E-state index is 2.33. The fourth-order valence-electron chi connectivity index (χ4n) is 3.62. The van der Waals surface area contributed by atoms with Crippen LogP contribution in [0.25, 0.3) is 0 Å². The molecule has 167 valence electrons. The van der Waals surface area contributed by atoms with Gasteiger partial charge in [0.05, 0.1) is 0 Å². The van der Waals surface area contributed by atoms with Crippen LogP contribution in [0.3, 0.4) is 0 Å². The van der Waals surface area contributed by atoms with Crippen LogP contribution in [0.1, 0.15) is 13.3 Å². The predicted octanol–water partition coefficient (Wildman–Crippen LogP) is 0.157. The third kappa shape index (κ3) is 6.91. The number of halogens is 2. The molecular weight excluding hydrogens is 516 g/mol. The molecule has 0 aromatic heterocycles. The van der Waals surface area contributed by atoms with E-state index in [1.807, 2.05) is 0 Å². The molecule has 0 N–H and O–H groups in total. The summed E-state index contributed by atoms with van der Waals surface area (Å²) in [5, 5.41) is 7.40. The Morgan fingerprint density at radius 1 is 0.469 bits per heavy atom. The minimum absolute atomic E-state index is 0. The smallest absolute Gasteiger partial charge is 1.00 e. The van der Waals surface area contributed by atoms with Gasteiger partial charge in [0, 0.05) is 0 Å². The van der Waals surface area contributed by atoms with E-state index in [1.165, 1.54) is 21.2 Å². The van der Waals surface area contributed by atoms with E-state index in [4.69, 9.17) is 0 Å². The molecule has 32 heavy (non-hydrogen) atoms. The second-order valence-electron chi connectivity index (χ2n) is 6.78. The summed E-state index contributed by atoms with van der Waals surface area (Å²) in [5.74, 6) is 0. The van der Waals surface area contributed by atoms with Gasteiger partial charge < -0.3 is 24.8 Å². The molecule has 0 spiro atoms. The van der Waals surface area contributed by atoms with Crippen LogP contribution in [0.2, 0.25) is 0 Å². The van der Waals surface area contributed by atoms with E-state index in [-0.39, 0.29) is 41.3 Å². The topological polar surface area (TPSA) is 0 Å². The molecular formula is C27H25Cl2NiP2. The molecule has 0 saturated carbocycles. The van der Waals surface area contributed by atoms with Gasteiger partial charge in [-0.05, 0) is 0 Å². The Hall–Kier alpha value is -1.19. The summed E-state index contributed by atoms with van der Waals surface area (Å²) < 4.78 is 0. The van der Waals surface area contributed by atoms with E-state index in [2.05, 4.69) is 128 Å². The molecule has 0 aliphatic heterocycles. The summed E-state index contributed by atoms with van der Waals surface area (Å²) >= 11 is 0. The van der Waals surface area contributed by atoms with Gasteiger partial charge in [0.2, 0.25) is 0 Å². The Labute approximate surface area is 217 Å². The summed E-state index contributed by atoms with van der Waals surface area (Å²) in [5.41, 5.74) is 0. The molecule has 4 rings (SSSR count). The number of hydrogen-bond acceptors (Lipinski definition) is 0. The molecule has 0 fully saturated rings. The van der Waals surface area contributed by atoms with Gasteiger partial charge in [0.15, 0.2) is 0 Å². The zero-order valence-electron chi connectivity index (χ0n) is 17.7. The number of rotatable bonds is 7. The summed E-state index contributed by atoms with van der Waals surface area (Å²) in [6.07, 6.45) is 1.07. The van der Waals surface area contributed by atoms with Gasteiger partial charge in [-0.15, -0.1) is 0 Å². The fraction of sp³-hybridized carbons (Fsp3) is 0.0741. The zero-order chi connectivity index (χ0) is 19.9. The van der Waals surface area contributed by atoms with Crippen molar-refractivity contribution >= 4 is 37.1 Å². The van der Waals surface area contributed by atoms with Crippen molar-refractivity contribution in [1.29, 1.82) is 0 Å². The van der Waals surface area contributed by atoms with Crippen LogP contribution < -0.4 is 46.0 Å². The van der Waals surface area contributed by atoms with Crippen LogP contribution in [-0.4, -0.2) is 0 Å². The molecule has 4 aromatic carbocycles. The monoisotopic (exact) mass is 539 g/mol. The maximum Gasteiger partial charge on any atom is 3.00 e. The summed E-state index contributed by atoms with van der Waals surface area (Å²) in [6.45, 7) is 2.33. The van der Waals surface area contributed by atoms with E-state index in [0.29, 0.717) is 0 Å². The molecule has 0 aliphatic carbocycles. The van der Waals surface area contributed by atoms with Gasteiger partial charge in [0.1, 0.15) is 0 Å². The van der Waals surface area contributed by atoms with Crippen LogP contribution >= 0.6 is 15.8 Å². The molecule has 4 aromatic rings. The Balaban J connectivity index is 0.00000171. The Morgan fingerprint density at radius 2 is 0.688 bits per heavy atom.